The van der Waals surface area contributed by atoms with Gasteiger partial charge in [0.25, 0.3) is 5.91 Å². The monoisotopic (exact) mass is 472 g/mol. The van der Waals surface area contributed by atoms with Gasteiger partial charge in [0.15, 0.2) is 0 Å². The van der Waals surface area contributed by atoms with Crippen molar-refractivity contribution in [1.82, 2.24) is 4.57 Å². The number of fused-ring (bicyclic) bond motifs is 1. The van der Waals surface area contributed by atoms with E-state index < -0.39 is 17.7 Å². The van der Waals surface area contributed by atoms with Crippen molar-refractivity contribution >= 4 is 34.2 Å². The van der Waals surface area contributed by atoms with Crippen LogP contribution in [0.15, 0.2) is 36.4 Å². The number of nitrogens with zero attached hydrogens (tertiary/aromatic N) is 3. The van der Waals surface area contributed by atoms with Gasteiger partial charge in [0, 0.05) is 35.4 Å². The molecule has 0 spiro atoms. The molecule has 1 aromatic heterocycles. The minimum atomic E-state index is -1.10. The lowest BCUT2D eigenvalue weighted by atomic mass is 10.1. The molecule has 10 nitrogen and oxygen atoms in total. The van der Waals surface area contributed by atoms with Crippen LogP contribution in [-0.2, 0) is 11.3 Å². The summed E-state index contributed by atoms with van der Waals surface area (Å²) in [4.78, 5) is 26.1. The number of benzene rings is 2. The summed E-state index contributed by atoms with van der Waals surface area (Å²) in [5.74, 6) is -2.24. The lowest BCUT2D eigenvalue weighted by molar-refractivity contribution is -0.137. The van der Waals surface area contributed by atoms with E-state index in [2.05, 4.69) is 5.32 Å². The summed E-state index contributed by atoms with van der Waals surface area (Å²) < 4.78 is 15.3. The summed E-state index contributed by atoms with van der Waals surface area (Å²) in [6.07, 6.45) is 0. The highest BCUT2D eigenvalue weighted by Crippen LogP contribution is 2.29. The molecule has 11 heteroatoms. The Morgan fingerprint density at radius 2 is 1.82 bits per heavy atom. The van der Waals surface area contributed by atoms with Crippen molar-refractivity contribution in [2.45, 2.75) is 13.5 Å². The van der Waals surface area contributed by atoms with Gasteiger partial charge in [-0.25, -0.2) is 4.39 Å². The first kappa shape index (κ1) is 26.3. The van der Waals surface area contributed by atoms with Gasteiger partial charge in [0.1, 0.15) is 18.4 Å². The number of aromatic nitrogens is 1. The molecule has 0 saturated carbocycles. The van der Waals surface area contributed by atoms with Crippen molar-refractivity contribution < 1.29 is 34.8 Å². The Bertz CT molecular complexity index is 1240. The minimum absolute atomic E-state index is 0. The highest BCUT2D eigenvalue weighted by atomic mass is 19.1. The third kappa shape index (κ3) is 5.32. The van der Waals surface area contributed by atoms with E-state index in [4.69, 9.17) is 0 Å². The molecule has 180 valence electrons. The van der Waals surface area contributed by atoms with Gasteiger partial charge in [-0.1, -0.05) is 0 Å². The number of anilines is 2. The molecule has 0 unspecified atom stereocenters. The zero-order valence-corrected chi connectivity index (χ0v) is 18.4. The third-order valence-corrected chi connectivity index (χ3v) is 5.26. The maximum atomic E-state index is 13.9. The highest BCUT2D eigenvalue weighted by molar-refractivity contribution is 6.14. The average molecular weight is 472 g/mol. The number of nitriles is 1. The first-order valence-electron chi connectivity index (χ1n) is 10.1. The number of halogens is 1. The number of hydrogen-bond acceptors (Lipinski definition) is 6. The molecule has 0 radical (unpaired) electrons. The van der Waals surface area contributed by atoms with Crippen LogP contribution < -0.4 is 10.2 Å². The Balaban J connectivity index is 0.00000408. The SMILES string of the molecule is Cc1c(C(=O)Nc2ccc(N(CCO)CCO)c(C#N)c2)c2cc(F)ccc2n1CC(=O)O.O. The molecule has 1 heterocycles. The van der Waals surface area contributed by atoms with Crippen molar-refractivity contribution in [2.75, 3.05) is 36.5 Å². The lowest BCUT2D eigenvalue weighted by Crippen LogP contribution is -2.30. The number of carbonyl (C=O) groups is 2. The molecule has 3 aromatic rings. The first-order chi connectivity index (χ1) is 15.8. The standard InChI is InChI=1S/C23H23FN4O5.H2O/c1-14-22(18-11-16(24)2-4-20(18)28(14)13-21(31)32)23(33)26-17-3-5-19(15(10-17)12-25)27(6-8-29)7-9-30;/h2-5,10-11,29-30H,6-9,13H2,1H3,(H,26,33)(H,31,32);1H2. The van der Waals surface area contributed by atoms with Crippen molar-refractivity contribution in [3.05, 3.63) is 59.0 Å². The molecular formula is C23H25FN4O6. The second kappa shape index (κ2) is 11.2. The molecule has 0 aliphatic heterocycles. The largest absolute Gasteiger partial charge is 0.480 e. The molecule has 6 N–H and O–H groups in total. The lowest BCUT2D eigenvalue weighted by Gasteiger charge is -2.24. The van der Waals surface area contributed by atoms with Crippen LogP contribution in [0, 0.1) is 24.1 Å². The molecule has 0 aliphatic carbocycles. The minimum Gasteiger partial charge on any atom is -0.480 e. The van der Waals surface area contributed by atoms with E-state index in [-0.39, 0.29) is 54.8 Å². The molecule has 2 aromatic carbocycles. The van der Waals surface area contributed by atoms with Crippen molar-refractivity contribution in [3.63, 3.8) is 0 Å². The van der Waals surface area contributed by atoms with Gasteiger partial charge in [-0.2, -0.15) is 5.26 Å². The summed E-state index contributed by atoms with van der Waals surface area (Å²) in [6, 6.07) is 10.5. The number of aliphatic hydroxyl groups is 2. The topological polar surface area (TPSA) is 170 Å². The Kier molecular flexibility index (Phi) is 8.69. The van der Waals surface area contributed by atoms with Gasteiger partial charge in [0.05, 0.1) is 30.0 Å². The van der Waals surface area contributed by atoms with E-state index in [9.17, 15) is 34.6 Å². The Morgan fingerprint density at radius 3 is 2.41 bits per heavy atom. The normalized spacial score (nSPS) is 10.4. The van der Waals surface area contributed by atoms with Gasteiger partial charge in [-0.15, -0.1) is 0 Å². The van der Waals surface area contributed by atoms with Crippen LogP contribution >= 0.6 is 0 Å². The fourth-order valence-corrected chi connectivity index (χ4v) is 3.85. The molecule has 1 amide bonds. The summed E-state index contributed by atoms with van der Waals surface area (Å²) in [6.45, 7) is 1.30. The number of carbonyl (C=O) groups excluding carboxylic acids is 1. The van der Waals surface area contributed by atoms with Crippen LogP contribution in [0.3, 0.4) is 0 Å². The maximum absolute atomic E-state index is 13.9. The molecule has 0 atom stereocenters. The predicted octanol–water partition coefficient (Wildman–Crippen LogP) is 1.26. The number of hydrogen-bond donors (Lipinski definition) is 4. The number of carboxylic acid groups (broad SMARTS) is 1. The van der Waals surface area contributed by atoms with E-state index in [0.717, 1.165) is 0 Å². The number of nitrogens with one attached hydrogen (secondary N) is 1. The average Bonchev–Trinajstić information content (AvgIpc) is 3.03. The van der Waals surface area contributed by atoms with Crippen LogP contribution in [0.2, 0.25) is 0 Å². The second-order valence-corrected chi connectivity index (χ2v) is 7.33. The molecule has 0 aliphatic rings. The van der Waals surface area contributed by atoms with Crippen LogP contribution in [0.4, 0.5) is 15.8 Å². The van der Waals surface area contributed by atoms with Gasteiger partial charge in [-0.3, -0.25) is 9.59 Å². The van der Waals surface area contributed by atoms with Gasteiger partial charge < -0.3 is 35.6 Å². The van der Waals surface area contributed by atoms with Crippen molar-refractivity contribution in [2.24, 2.45) is 0 Å². The Labute approximate surface area is 194 Å². The fourth-order valence-electron chi connectivity index (χ4n) is 3.85. The smallest absolute Gasteiger partial charge is 0.323 e. The van der Waals surface area contributed by atoms with Crippen molar-refractivity contribution in [1.29, 1.82) is 5.26 Å². The number of rotatable bonds is 9. The second-order valence-electron chi connectivity index (χ2n) is 7.33. The quantitative estimate of drug-likeness (QED) is 0.363. The molecule has 0 saturated heterocycles. The maximum Gasteiger partial charge on any atom is 0.323 e. The zero-order valence-electron chi connectivity index (χ0n) is 18.4. The molecule has 3 rings (SSSR count). The highest BCUT2D eigenvalue weighted by Gasteiger charge is 2.22. The summed E-state index contributed by atoms with van der Waals surface area (Å²) >= 11 is 0. The van der Waals surface area contributed by atoms with Crippen LogP contribution in [0.1, 0.15) is 21.6 Å². The first-order valence-corrected chi connectivity index (χ1v) is 10.1. The van der Waals surface area contributed by atoms with E-state index >= 15 is 0 Å². The zero-order chi connectivity index (χ0) is 24.1. The number of carboxylic acids is 1. The van der Waals surface area contributed by atoms with E-state index in [1.165, 1.54) is 28.8 Å². The number of amides is 1. The van der Waals surface area contributed by atoms with Gasteiger partial charge in [0.2, 0.25) is 0 Å². The van der Waals surface area contributed by atoms with E-state index in [1.807, 2.05) is 6.07 Å². The number of aliphatic carboxylic acids is 1. The van der Waals surface area contributed by atoms with Gasteiger partial charge in [-0.05, 0) is 43.3 Å². The predicted molar refractivity (Wildman–Crippen MR) is 123 cm³/mol. The Hall–Kier alpha value is -3.98. The summed E-state index contributed by atoms with van der Waals surface area (Å²) in [5, 5.41) is 40.3. The van der Waals surface area contributed by atoms with Crippen LogP contribution in [-0.4, -0.2) is 63.5 Å². The van der Waals surface area contributed by atoms with E-state index in [0.29, 0.717) is 22.6 Å². The van der Waals surface area contributed by atoms with Crippen molar-refractivity contribution in [3.8, 4) is 6.07 Å². The van der Waals surface area contributed by atoms with Crippen LogP contribution in [0.25, 0.3) is 10.9 Å². The van der Waals surface area contributed by atoms with Crippen LogP contribution in [0.5, 0.6) is 0 Å². The Morgan fingerprint density at radius 1 is 1.15 bits per heavy atom. The fraction of sp³-hybridized carbons (Fsp3) is 0.261. The van der Waals surface area contributed by atoms with Gasteiger partial charge >= 0.3 is 5.97 Å². The van der Waals surface area contributed by atoms with E-state index in [1.54, 1.807) is 24.0 Å². The third-order valence-electron chi connectivity index (χ3n) is 5.26. The molecular weight excluding hydrogens is 447 g/mol. The molecule has 34 heavy (non-hydrogen) atoms. The summed E-state index contributed by atoms with van der Waals surface area (Å²) in [7, 11) is 0. The number of aliphatic hydroxyl groups excluding tert-OH is 2. The molecule has 0 bridgehead atoms. The summed E-state index contributed by atoms with van der Waals surface area (Å²) in [5.41, 5.74) is 1.95. The molecule has 0 fully saturated rings.